The van der Waals surface area contributed by atoms with E-state index in [9.17, 15) is 4.79 Å². The molecule has 2 aromatic rings. The van der Waals surface area contributed by atoms with Crippen molar-refractivity contribution in [2.75, 3.05) is 12.3 Å². The maximum atomic E-state index is 12.1. The number of aromatic nitrogens is 1. The Bertz CT molecular complexity index is 622. The molecule has 1 unspecified atom stereocenters. The summed E-state index contributed by atoms with van der Waals surface area (Å²) in [6.45, 7) is 6.10. The molecule has 0 spiro atoms. The van der Waals surface area contributed by atoms with Crippen LogP contribution in [0, 0.1) is 13.8 Å². The Balaban J connectivity index is 1.86. The molecule has 0 bridgehead atoms. The molecule has 2 rings (SSSR count). The molecule has 0 radical (unpaired) electrons. The summed E-state index contributed by atoms with van der Waals surface area (Å²) >= 11 is 1.19. The van der Waals surface area contributed by atoms with Crippen LogP contribution in [0.1, 0.15) is 27.9 Å². The van der Waals surface area contributed by atoms with Crippen LogP contribution in [0.2, 0.25) is 0 Å². The molecule has 1 amide bonds. The molecule has 0 fully saturated rings. The van der Waals surface area contributed by atoms with E-state index in [1.807, 2.05) is 38.1 Å². The SMILES string of the molecule is Cc1ccc(OCC(C)NC(=O)c2sc(N)nc2C)cc1. The van der Waals surface area contributed by atoms with Crippen LogP contribution in [0.5, 0.6) is 5.75 Å². The quantitative estimate of drug-likeness (QED) is 0.890. The molecule has 1 heterocycles. The van der Waals surface area contributed by atoms with E-state index in [1.165, 1.54) is 16.9 Å². The monoisotopic (exact) mass is 305 g/mol. The van der Waals surface area contributed by atoms with Crippen molar-refractivity contribution in [1.82, 2.24) is 10.3 Å². The number of hydrogen-bond acceptors (Lipinski definition) is 5. The minimum absolute atomic E-state index is 0.110. The predicted molar refractivity (Wildman–Crippen MR) is 84.9 cm³/mol. The second kappa shape index (κ2) is 6.58. The maximum Gasteiger partial charge on any atom is 0.263 e. The van der Waals surface area contributed by atoms with Gasteiger partial charge in [0.2, 0.25) is 0 Å². The summed E-state index contributed by atoms with van der Waals surface area (Å²) in [6, 6.07) is 7.70. The van der Waals surface area contributed by atoms with Gasteiger partial charge in [-0.05, 0) is 32.9 Å². The number of nitrogens with zero attached hydrogens (tertiary/aromatic N) is 1. The highest BCUT2D eigenvalue weighted by molar-refractivity contribution is 7.17. The van der Waals surface area contributed by atoms with Crippen LogP contribution in [0.25, 0.3) is 0 Å². The number of hydrogen-bond donors (Lipinski definition) is 2. The number of ether oxygens (including phenoxy) is 1. The van der Waals surface area contributed by atoms with Gasteiger partial charge in [-0.3, -0.25) is 4.79 Å². The first kappa shape index (κ1) is 15.3. The lowest BCUT2D eigenvalue weighted by atomic mass is 10.2. The summed E-state index contributed by atoms with van der Waals surface area (Å²) in [5, 5.41) is 3.29. The van der Waals surface area contributed by atoms with Gasteiger partial charge in [0.15, 0.2) is 5.13 Å². The van der Waals surface area contributed by atoms with E-state index < -0.39 is 0 Å². The molecule has 1 aromatic heterocycles. The van der Waals surface area contributed by atoms with Crippen LogP contribution < -0.4 is 15.8 Å². The van der Waals surface area contributed by atoms with Crippen molar-refractivity contribution in [2.24, 2.45) is 0 Å². The number of aryl methyl sites for hydroxylation is 2. The van der Waals surface area contributed by atoms with Crippen molar-refractivity contribution in [3.63, 3.8) is 0 Å². The molecule has 5 nitrogen and oxygen atoms in total. The zero-order valence-corrected chi connectivity index (χ0v) is 13.2. The minimum atomic E-state index is -0.165. The molecule has 6 heteroatoms. The van der Waals surface area contributed by atoms with Gasteiger partial charge in [0.25, 0.3) is 5.91 Å². The summed E-state index contributed by atoms with van der Waals surface area (Å²) in [5.41, 5.74) is 7.43. The lowest BCUT2D eigenvalue weighted by Crippen LogP contribution is -2.36. The fourth-order valence-electron chi connectivity index (χ4n) is 1.81. The van der Waals surface area contributed by atoms with Gasteiger partial charge in [-0.2, -0.15) is 0 Å². The number of thiazole rings is 1. The van der Waals surface area contributed by atoms with Crippen LogP contribution >= 0.6 is 11.3 Å². The minimum Gasteiger partial charge on any atom is -0.491 e. The van der Waals surface area contributed by atoms with E-state index in [-0.39, 0.29) is 11.9 Å². The molecule has 1 aromatic carbocycles. The fraction of sp³-hybridized carbons (Fsp3) is 0.333. The van der Waals surface area contributed by atoms with E-state index in [0.717, 1.165) is 5.75 Å². The third kappa shape index (κ3) is 4.19. The number of carbonyl (C=O) groups excluding carboxylic acids is 1. The molecular weight excluding hydrogens is 286 g/mol. The molecule has 21 heavy (non-hydrogen) atoms. The van der Waals surface area contributed by atoms with Crippen molar-refractivity contribution >= 4 is 22.4 Å². The highest BCUT2D eigenvalue weighted by Gasteiger charge is 2.16. The number of amides is 1. The van der Waals surface area contributed by atoms with Crippen LogP contribution in [0.4, 0.5) is 5.13 Å². The van der Waals surface area contributed by atoms with Crippen molar-refractivity contribution in [3.8, 4) is 5.75 Å². The molecule has 0 saturated carbocycles. The second-order valence-electron chi connectivity index (χ2n) is 4.97. The van der Waals surface area contributed by atoms with Crippen molar-refractivity contribution in [3.05, 3.63) is 40.4 Å². The van der Waals surface area contributed by atoms with Crippen molar-refractivity contribution in [1.29, 1.82) is 0 Å². The first-order valence-corrected chi connectivity index (χ1v) is 7.50. The van der Waals surface area contributed by atoms with E-state index in [0.29, 0.717) is 22.3 Å². The molecule has 0 aliphatic heterocycles. The Hall–Kier alpha value is -2.08. The van der Waals surface area contributed by atoms with Gasteiger partial charge in [0.1, 0.15) is 17.2 Å². The van der Waals surface area contributed by atoms with Crippen LogP contribution in [0.15, 0.2) is 24.3 Å². The van der Waals surface area contributed by atoms with Crippen LogP contribution in [-0.4, -0.2) is 23.5 Å². The van der Waals surface area contributed by atoms with Gasteiger partial charge >= 0.3 is 0 Å². The lowest BCUT2D eigenvalue weighted by Gasteiger charge is -2.14. The topological polar surface area (TPSA) is 77.2 Å². The molecule has 0 saturated heterocycles. The summed E-state index contributed by atoms with van der Waals surface area (Å²) in [6.07, 6.45) is 0. The Morgan fingerprint density at radius 3 is 2.62 bits per heavy atom. The highest BCUT2D eigenvalue weighted by atomic mass is 32.1. The molecule has 1 atom stereocenters. The van der Waals surface area contributed by atoms with E-state index >= 15 is 0 Å². The third-order valence-corrected chi connectivity index (χ3v) is 3.90. The number of nitrogens with one attached hydrogen (secondary N) is 1. The summed E-state index contributed by atoms with van der Waals surface area (Å²) in [4.78, 5) is 16.7. The first-order chi connectivity index (χ1) is 9.95. The number of benzene rings is 1. The zero-order chi connectivity index (χ0) is 15.4. The van der Waals surface area contributed by atoms with Gasteiger partial charge in [-0.25, -0.2) is 4.98 Å². The van der Waals surface area contributed by atoms with E-state index in [1.54, 1.807) is 6.92 Å². The molecule has 3 N–H and O–H groups in total. The average Bonchev–Trinajstić information content (AvgIpc) is 2.77. The van der Waals surface area contributed by atoms with Crippen LogP contribution in [-0.2, 0) is 0 Å². The van der Waals surface area contributed by atoms with Gasteiger partial charge in [0, 0.05) is 0 Å². The van der Waals surface area contributed by atoms with Crippen molar-refractivity contribution in [2.45, 2.75) is 26.8 Å². The number of anilines is 1. The van der Waals surface area contributed by atoms with E-state index in [2.05, 4.69) is 10.3 Å². The lowest BCUT2D eigenvalue weighted by molar-refractivity contribution is 0.0930. The Morgan fingerprint density at radius 1 is 1.38 bits per heavy atom. The molecule has 0 aliphatic carbocycles. The molecule has 112 valence electrons. The van der Waals surface area contributed by atoms with Gasteiger partial charge in [-0.1, -0.05) is 29.0 Å². The second-order valence-corrected chi connectivity index (χ2v) is 6.00. The largest absolute Gasteiger partial charge is 0.491 e. The zero-order valence-electron chi connectivity index (χ0n) is 12.3. The van der Waals surface area contributed by atoms with E-state index in [4.69, 9.17) is 10.5 Å². The smallest absolute Gasteiger partial charge is 0.263 e. The highest BCUT2D eigenvalue weighted by Crippen LogP contribution is 2.19. The standard InChI is InChI=1S/C15H19N3O2S/c1-9-4-6-12(7-5-9)20-8-10(2)17-14(19)13-11(3)18-15(16)21-13/h4-7,10H,8H2,1-3H3,(H2,16,18)(H,17,19). The van der Waals surface area contributed by atoms with Crippen LogP contribution in [0.3, 0.4) is 0 Å². The van der Waals surface area contributed by atoms with Gasteiger partial charge < -0.3 is 15.8 Å². The normalized spacial score (nSPS) is 12.0. The first-order valence-electron chi connectivity index (χ1n) is 6.69. The van der Waals surface area contributed by atoms with Gasteiger partial charge in [-0.15, -0.1) is 0 Å². The fourth-order valence-corrected chi connectivity index (χ4v) is 2.55. The summed E-state index contributed by atoms with van der Waals surface area (Å²) in [7, 11) is 0. The number of carbonyl (C=O) groups is 1. The molecule has 0 aliphatic rings. The van der Waals surface area contributed by atoms with Crippen molar-refractivity contribution < 1.29 is 9.53 Å². The number of nitrogens with two attached hydrogens (primary N) is 1. The number of nitrogen functional groups attached to an aromatic ring is 1. The predicted octanol–water partition coefficient (Wildman–Crippen LogP) is 2.54. The Morgan fingerprint density at radius 2 is 2.05 bits per heavy atom. The Labute approximate surface area is 128 Å². The summed E-state index contributed by atoms with van der Waals surface area (Å²) in [5.74, 6) is 0.627. The molecular formula is C15H19N3O2S. The van der Waals surface area contributed by atoms with Gasteiger partial charge in [0.05, 0.1) is 11.7 Å². The summed E-state index contributed by atoms with van der Waals surface area (Å²) < 4.78 is 5.64. The third-order valence-electron chi connectivity index (χ3n) is 2.92. The maximum absolute atomic E-state index is 12.1. The Kier molecular flexibility index (Phi) is 4.80. The average molecular weight is 305 g/mol. The number of rotatable bonds is 5.